The lowest BCUT2D eigenvalue weighted by Gasteiger charge is -1.99. The average Bonchev–Trinajstić information content (AvgIpc) is 1.80. The standard InChI is InChI=1S/C5H6O3/c6-3-1-2-4-5(3)8-7-4/h3,6H,1-2H2. The monoisotopic (exact) mass is 114 g/mol. The van der Waals surface area contributed by atoms with Crippen molar-refractivity contribution >= 4 is 0 Å². The molecule has 1 atom stereocenters. The van der Waals surface area contributed by atoms with Crippen LogP contribution in [-0.4, -0.2) is 5.11 Å². The smallest absolute Gasteiger partial charge is 0.226 e. The van der Waals surface area contributed by atoms with Gasteiger partial charge in [0, 0.05) is 6.42 Å². The van der Waals surface area contributed by atoms with Crippen molar-refractivity contribution in [2.75, 3.05) is 0 Å². The van der Waals surface area contributed by atoms with Crippen molar-refractivity contribution in [2.45, 2.75) is 18.9 Å². The van der Waals surface area contributed by atoms with E-state index < -0.39 is 6.10 Å². The number of aryl methyl sites for hydroxylation is 1. The highest BCUT2D eigenvalue weighted by atomic mass is 17.0. The summed E-state index contributed by atoms with van der Waals surface area (Å²) in [6.45, 7) is 0. The molecule has 1 N–H and O–H groups in total. The maximum atomic E-state index is 8.96. The van der Waals surface area contributed by atoms with Crippen LogP contribution in [0.4, 0.5) is 0 Å². The number of aliphatic hydroxyl groups excluding tert-OH is 1. The summed E-state index contributed by atoms with van der Waals surface area (Å²) in [6, 6.07) is 0. The summed E-state index contributed by atoms with van der Waals surface area (Å²) in [5, 5.41) is 8.96. The normalized spacial score (nSPS) is 26.4. The Morgan fingerprint density at radius 1 is 1.50 bits per heavy atom. The third-order valence-electron chi connectivity index (χ3n) is 1.45. The molecule has 0 aliphatic heterocycles. The van der Waals surface area contributed by atoms with Gasteiger partial charge in [-0.1, -0.05) is 0 Å². The van der Waals surface area contributed by atoms with Crippen LogP contribution in [-0.2, 0) is 6.42 Å². The number of aliphatic hydroxyl groups is 1. The molecule has 2 rings (SSSR count). The van der Waals surface area contributed by atoms with E-state index in [1.165, 1.54) is 0 Å². The van der Waals surface area contributed by atoms with E-state index >= 15 is 0 Å². The third-order valence-corrected chi connectivity index (χ3v) is 1.45. The minimum atomic E-state index is -0.390. The second-order valence-electron chi connectivity index (χ2n) is 2.01. The van der Waals surface area contributed by atoms with Crippen LogP contribution in [0.3, 0.4) is 0 Å². The molecule has 0 saturated carbocycles. The van der Waals surface area contributed by atoms with Crippen molar-refractivity contribution in [1.29, 1.82) is 0 Å². The molecule has 1 aliphatic carbocycles. The minimum absolute atomic E-state index is 0.390. The number of fused-ring (bicyclic) bond motifs is 1. The zero-order valence-electron chi connectivity index (χ0n) is 4.26. The van der Waals surface area contributed by atoms with Gasteiger partial charge in [-0.25, -0.2) is 0 Å². The Kier molecular flexibility index (Phi) is 0.615. The van der Waals surface area contributed by atoms with E-state index in [1.807, 2.05) is 0 Å². The third kappa shape index (κ3) is 0.327. The highest BCUT2D eigenvalue weighted by molar-refractivity contribution is 5.13. The molecular formula is C5H6O3. The van der Waals surface area contributed by atoms with Gasteiger partial charge in [0.25, 0.3) is 0 Å². The van der Waals surface area contributed by atoms with Crippen molar-refractivity contribution in [3.8, 4) is 0 Å². The molecule has 0 bridgehead atoms. The quantitative estimate of drug-likeness (QED) is 0.508. The SMILES string of the molecule is OC1CCc2ooc21. The zero-order valence-corrected chi connectivity index (χ0v) is 4.26. The predicted molar refractivity (Wildman–Crippen MR) is 24.3 cm³/mol. The van der Waals surface area contributed by atoms with Crippen LogP contribution >= 0.6 is 0 Å². The van der Waals surface area contributed by atoms with Crippen LogP contribution < -0.4 is 0 Å². The first-order valence-electron chi connectivity index (χ1n) is 2.63. The van der Waals surface area contributed by atoms with E-state index in [0.29, 0.717) is 5.76 Å². The van der Waals surface area contributed by atoms with E-state index in [0.717, 1.165) is 18.6 Å². The Balaban J connectivity index is 2.38. The lowest BCUT2D eigenvalue weighted by Crippen LogP contribution is -1.91. The second kappa shape index (κ2) is 1.17. The molecule has 0 aromatic carbocycles. The Morgan fingerprint density at radius 2 is 2.38 bits per heavy atom. The van der Waals surface area contributed by atoms with Gasteiger partial charge in [-0.15, -0.1) is 0 Å². The Bertz CT molecular complexity index is 186. The summed E-state index contributed by atoms with van der Waals surface area (Å²) in [5.41, 5.74) is 0. The largest absolute Gasteiger partial charge is 0.385 e. The first-order chi connectivity index (χ1) is 3.88. The number of rotatable bonds is 0. The summed E-state index contributed by atoms with van der Waals surface area (Å²) in [7, 11) is 0. The van der Waals surface area contributed by atoms with Gasteiger partial charge in [0.2, 0.25) is 11.5 Å². The topological polar surface area (TPSA) is 46.5 Å². The van der Waals surface area contributed by atoms with E-state index in [1.54, 1.807) is 0 Å². The fourth-order valence-electron chi connectivity index (χ4n) is 0.954. The van der Waals surface area contributed by atoms with E-state index in [4.69, 9.17) is 5.11 Å². The summed E-state index contributed by atoms with van der Waals surface area (Å²) in [6.07, 6.45) is 1.19. The molecule has 1 unspecified atom stereocenters. The van der Waals surface area contributed by atoms with Crippen LogP contribution in [0.1, 0.15) is 24.0 Å². The molecule has 8 heavy (non-hydrogen) atoms. The highest BCUT2D eigenvalue weighted by Crippen LogP contribution is 2.33. The molecule has 0 amide bonds. The lowest BCUT2D eigenvalue weighted by molar-refractivity contribution is -0.0449. The molecule has 44 valence electrons. The van der Waals surface area contributed by atoms with Gasteiger partial charge in [-0.2, -0.15) is 0 Å². The highest BCUT2D eigenvalue weighted by Gasteiger charge is 2.30. The van der Waals surface area contributed by atoms with Crippen LogP contribution in [0, 0.1) is 0 Å². The Morgan fingerprint density at radius 3 is 2.62 bits per heavy atom. The molecular weight excluding hydrogens is 108 g/mol. The molecule has 3 heteroatoms. The molecule has 3 nitrogen and oxygen atoms in total. The van der Waals surface area contributed by atoms with Crippen molar-refractivity contribution in [3.05, 3.63) is 11.5 Å². The van der Waals surface area contributed by atoms with Crippen LogP contribution in [0.15, 0.2) is 9.15 Å². The first-order valence-corrected chi connectivity index (χ1v) is 2.63. The van der Waals surface area contributed by atoms with Crippen molar-refractivity contribution < 1.29 is 14.3 Å². The van der Waals surface area contributed by atoms with Crippen LogP contribution in [0.25, 0.3) is 0 Å². The zero-order chi connectivity index (χ0) is 5.56. The van der Waals surface area contributed by atoms with Gasteiger partial charge in [-0.05, 0) is 6.42 Å². The molecule has 1 aliphatic rings. The minimum Gasteiger partial charge on any atom is -0.385 e. The summed E-state index contributed by atoms with van der Waals surface area (Å²) in [4.78, 5) is 0. The van der Waals surface area contributed by atoms with Crippen LogP contribution in [0.2, 0.25) is 0 Å². The van der Waals surface area contributed by atoms with Gasteiger partial charge in [-0.3, -0.25) is 9.15 Å². The molecule has 1 aromatic rings. The van der Waals surface area contributed by atoms with Gasteiger partial charge >= 0.3 is 0 Å². The van der Waals surface area contributed by atoms with Gasteiger partial charge < -0.3 is 5.11 Å². The van der Waals surface area contributed by atoms with E-state index in [2.05, 4.69) is 9.15 Å². The molecule has 1 aromatic heterocycles. The molecule has 0 spiro atoms. The summed E-state index contributed by atoms with van der Waals surface area (Å²) < 4.78 is 9.04. The number of hydrogen-bond acceptors (Lipinski definition) is 3. The van der Waals surface area contributed by atoms with Crippen molar-refractivity contribution in [1.82, 2.24) is 0 Å². The fraction of sp³-hybridized carbons (Fsp3) is 0.600. The molecule has 1 heterocycles. The maximum absolute atomic E-state index is 8.96. The predicted octanol–water partition coefficient (Wildman–Crippen LogP) is 0.852. The first kappa shape index (κ1) is 4.21. The Hall–Kier alpha value is -0.700. The van der Waals surface area contributed by atoms with Crippen molar-refractivity contribution in [3.63, 3.8) is 0 Å². The van der Waals surface area contributed by atoms with Gasteiger partial charge in [0.05, 0.1) is 0 Å². The van der Waals surface area contributed by atoms with Crippen LogP contribution in [0.5, 0.6) is 0 Å². The van der Waals surface area contributed by atoms with Gasteiger partial charge in [0.15, 0.2) is 0 Å². The van der Waals surface area contributed by atoms with E-state index in [-0.39, 0.29) is 0 Å². The lowest BCUT2D eigenvalue weighted by atomic mass is 10.3. The number of hydrogen-bond donors (Lipinski definition) is 1. The molecule has 0 radical (unpaired) electrons. The Labute approximate surface area is 45.8 Å². The molecule has 0 saturated heterocycles. The fourth-order valence-corrected chi connectivity index (χ4v) is 0.954. The van der Waals surface area contributed by atoms with Gasteiger partial charge in [0.1, 0.15) is 6.10 Å². The molecule has 0 fully saturated rings. The maximum Gasteiger partial charge on any atom is 0.226 e. The average molecular weight is 114 g/mol. The second-order valence-corrected chi connectivity index (χ2v) is 2.01. The summed E-state index contributed by atoms with van der Waals surface area (Å²) in [5.74, 6) is 1.47. The van der Waals surface area contributed by atoms with E-state index in [9.17, 15) is 0 Å². The van der Waals surface area contributed by atoms with Crippen molar-refractivity contribution in [2.24, 2.45) is 0 Å². The summed E-state index contributed by atoms with van der Waals surface area (Å²) >= 11 is 0.